The van der Waals surface area contributed by atoms with Gasteiger partial charge in [-0.05, 0) is 55.5 Å². The molecule has 6 heteroatoms. The summed E-state index contributed by atoms with van der Waals surface area (Å²) < 4.78 is 0. The van der Waals surface area contributed by atoms with Crippen LogP contribution < -0.4 is 16.0 Å². The Kier molecular flexibility index (Phi) is 6.24. The SMILES string of the molecule is CC1CCNCC1NC(=O)c1ccc(NC(=O)C2CC2C)cc1.Cl. The van der Waals surface area contributed by atoms with Crippen molar-refractivity contribution in [3.05, 3.63) is 29.8 Å². The highest BCUT2D eigenvalue weighted by molar-refractivity contribution is 5.97. The van der Waals surface area contributed by atoms with Crippen molar-refractivity contribution in [2.75, 3.05) is 18.4 Å². The average Bonchev–Trinajstić information content (AvgIpc) is 3.27. The topological polar surface area (TPSA) is 70.2 Å². The minimum atomic E-state index is -0.0563. The first-order valence-electron chi connectivity index (χ1n) is 8.47. The van der Waals surface area contributed by atoms with Crippen molar-refractivity contribution in [2.45, 2.75) is 32.7 Å². The van der Waals surface area contributed by atoms with Crippen LogP contribution in [0.15, 0.2) is 24.3 Å². The third-order valence-corrected chi connectivity index (χ3v) is 5.00. The molecule has 1 saturated heterocycles. The van der Waals surface area contributed by atoms with Gasteiger partial charge in [-0.25, -0.2) is 0 Å². The molecule has 132 valence electrons. The van der Waals surface area contributed by atoms with Crippen molar-refractivity contribution in [1.82, 2.24) is 10.6 Å². The molecule has 2 aliphatic rings. The number of rotatable bonds is 4. The number of halogens is 1. The lowest BCUT2D eigenvalue weighted by Gasteiger charge is -2.30. The second-order valence-electron chi connectivity index (χ2n) is 6.94. The Labute approximate surface area is 149 Å². The van der Waals surface area contributed by atoms with E-state index in [1.807, 2.05) is 0 Å². The van der Waals surface area contributed by atoms with Crippen LogP contribution in [0.25, 0.3) is 0 Å². The third kappa shape index (κ3) is 4.48. The van der Waals surface area contributed by atoms with Crippen LogP contribution in [0, 0.1) is 17.8 Å². The smallest absolute Gasteiger partial charge is 0.251 e. The van der Waals surface area contributed by atoms with Gasteiger partial charge in [-0.15, -0.1) is 12.4 Å². The summed E-state index contributed by atoms with van der Waals surface area (Å²) in [6.07, 6.45) is 2.05. The van der Waals surface area contributed by atoms with E-state index < -0.39 is 0 Å². The maximum Gasteiger partial charge on any atom is 0.251 e. The maximum atomic E-state index is 12.3. The third-order valence-electron chi connectivity index (χ3n) is 5.00. The Hall–Kier alpha value is -1.59. The highest BCUT2D eigenvalue weighted by atomic mass is 35.5. The summed E-state index contributed by atoms with van der Waals surface area (Å²) in [5.74, 6) is 1.15. The molecule has 2 amide bonds. The van der Waals surface area contributed by atoms with E-state index in [0.29, 0.717) is 17.4 Å². The molecule has 0 radical (unpaired) electrons. The van der Waals surface area contributed by atoms with Gasteiger partial charge in [0.1, 0.15) is 0 Å². The fraction of sp³-hybridized carbons (Fsp3) is 0.556. The van der Waals surface area contributed by atoms with E-state index in [4.69, 9.17) is 0 Å². The Morgan fingerprint density at radius 1 is 1.12 bits per heavy atom. The van der Waals surface area contributed by atoms with E-state index in [1.165, 1.54) is 0 Å². The van der Waals surface area contributed by atoms with E-state index >= 15 is 0 Å². The predicted molar refractivity (Wildman–Crippen MR) is 97.5 cm³/mol. The molecule has 0 bridgehead atoms. The molecule has 1 aromatic rings. The zero-order valence-corrected chi connectivity index (χ0v) is 15.0. The first-order chi connectivity index (χ1) is 11.0. The van der Waals surface area contributed by atoms with Crippen molar-refractivity contribution < 1.29 is 9.59 Å². The molecule has 4 unspecified atom stereocenters. The van der Waals surface area contributed by atoms with Gasteiger partial charge in [0.2, 0.25) is 5.91 Å². The molecular formula is C18H26ClN3O2. The van der Waals surface area contributed by atoms with Gasteiger partial charge in [0.05, 0.1) is 0 Å². The van der Waals surface area contributed by atoms with Gasteiger partial charge >= 0.3 is 0 Å². The Balaban J connectivity index is 0.00000208. The molecule has 1 heterocycles. The summed E-state index contributed by atoms with van der Waals surface area (Å²) in [4.78, 5) is 24.2. The highest BCUT2D eigenvalue weighted by Gasteiger charge is 2.39. The van der Waals surface area contributed by atoms with Gasteiger partial charge in [-0.3, -0.25) is 9.59 Å². The summed E-state index contributed by atoms with van der Waals surface area (Å²) in [5.41, 5.74) is 1.37. The quantitative estimate of drug-likeness (QED) is 0.780. The first-order valence-corrected chi connectivity index (χ1v) is 8.47. The van der Waals surface area contributed by atoms with Crippen molar-refractivity contribution >= 4 is 29.9 Å². The van der Waals surface area contributed by atoms with Crippen LogP contribution in [0.2, 0.25) is 0 Å². The van der Waals surface area contributed by atoms with Crippen LogP contribution in [0.1, 0.15) is 37.0 Å². The molecule has 1 aliphatic carbocycles. The zero-order chi connectivity index (χ0) is 16.4. The van der Waals surface area contributed by atoms with Gasteiger partial charge in [-0.2, -0.15) is 0 Å². The molecule has 4 atom stereocenters. The summed E-state index contributed by atoms with van der Waals surface area (Å²) in [7, 11) is 0. The van der Waals surface area contributed by atoms with E-state index in [0.717, 1.165) is 31.6 Å². The number of benzene rings is 1. The number of hydrogen-bond donors (Lipinski definition) is 3. The van der Waals surface area contributed by atoms with Crippen LogP contribution in [0.5, 0.6) is 0 Å². The average molecular weight is 352 g/mol. The number of amides is 2. The Morgan fingerprint density at radius 2 is 1.79 bits per heavy atom. The largest absolute Gasteiger partial charge is 0.348 e. The minimum absolute atomic E-state index is 0. The van der Waals surface area contributed by atoms with Crippen molar-refractivity contribution in [2.24, 2.45) is 17.8 Å². The summed E-state index contributed by atoms with van der Waals surface area (Å²) in [6.45, 7) is 6.09. The monoisotopic (exact) mass is 351 g/mol. The molecule has 5 nitrogen and oxygen atoms in total. The van der Waals surface area contributed by atoms with Gasteiger partial charge in [-0.1, -0.05) is 13.8 Å². The number of hydrogen-bond acceptors (Lipinski definition) is 3. The Bertz CT molecular complexity index is 590. The fourth-order valence-corrected chi connectivity index (χ4v) is 3.06. The Morgan fingerprint density at radius 3 is 2.38 bits per heavy atom. The van der Waals surface area contributed by atoms with Crippen LogP contribution in [-0.2, 0) is 4.79 Å². The fourth-order valence-electron chi connectivity index (χ4n) is 3.06. The number of anilines is 1. The van der Waals surface area contributed by atoms with Gasteiger partial charge in [0.25, 0.3) is 5.91 Å². The van der Waals surface area contributed by atoms with Crippen molar-refractivity contribution in [3.63, 3.8) is 0 Å². The summed E-state index contributed by atoms with van der Waals surface area (Å²) >= 11 is 0. The van der Waals surface area contributed by atoms with E-state index in [-0.39, 0.29) is 36.2 Å². The number of piperidine rings is 1. The molecule has 1 saturated carbocycles. The molecule has 3 N–H and O–H groups in total. The van der Waals surface area contributed by atoms with Crippen molar-refractivity contribution in [3.8, 4) is 0 Å². The van der Waals surface area contributed by atoms with Gasteiger partial charge in [0, 0.05) is 29.8 Å². The lowest BCUT2D eigenvalue weighted by molar-refractivity contribution is -0.117. The van der Waals surface area contributed by atoms with E-state index in [2.05, 4.69) is 29.8 Å². The predicted octanol–water partition coefficient (Wildman–Crippen LogP) is 2.43. The van der Waals surface area contributed by atoms with Gasteiger partial charge in [0.15, 0.2) is 0 Å². The second kappa shape index (κ2) is 7.99. The first kappa shape index (κ1) is 18.7. The highest BCUT2D eigenvalue weighted by Crippen LogP contribution is 2.38. The summed E-state index contributed by atoms with van der Waals surface area (Å²) in [6, 6.07) is 7.29. The molecular weight excluding hydrogens is 326 g/mol. The standard InChI is InChI=1S/C18H25N3O2.ClH/c1-11-7-8-19-10-16(11)21-17(22)13-3-5-14(6-4-13)20-18(23)15-9-12(15)2;/h3-6,11-12,15-16,19H,7-10H2,1-2H3,(H,20,23)(H,21,22);1H. The van der Waals surface area contributed by atoms with Crippen LogP contribution in [0.4, 0.5) is 5.69 Å². The normalized spacial score (nSPS) is 28.4. The van der Waals surface area contributed by atoms with Crippen LogP contribution in [0.3, 0.4) is 0 Å². The zero-order valence-electron chi connectivity index (χ0n) is 14.2. The number of carbonyl (C=O) groups excluding carboxylic acids is 2. The molecule has 0 aromatic heterocycles. The molecule has 3 rings (SSSR count). The van der Waals surface area contributed by atoms with Crippen molar-refractivity contribution in [1.29, 1.82) is 0 Å². The lowest BCUT2D eigenvalue weighted by atomic mass is 9.94. The minimum Gasteiger partial charge on any atom is -0.348 e. The maximum absolute atomic E-state index is 12.3. The van der Waals surface area contributed by atoms with E-state index in [9.17, 15) is 9.59 Å². The molecule has 24 heavy (non-hydrogen) atoms. The molecule has 2 fully saturated rings. The number of nitrogens with one attached hydrogen (secondary N) is 3. The molecule has 0 spiro atoms. The van der Waals surface area contributed by atoms with Crippen LogP contribution >= 0.6 is 12.4 Å². The summed E-state index contributed by atoms with van der Waals surface area (Å²) in [5, 5.41) is 9.31. The van der Waals surface area contributed by atoms with Gasteiger partial charge < -0.3 is 16.0 Å². The molecule has 1 aromatic carbocycles. The molecule has 1 aliphatic heterocycles. The second-order valence-corrected chi connectivity index (χ2v) is 6.94. The van der Waals surface area contributed by atoms with Crippen LogP contribution in [-0.4, -0.2) is 30.9 Å². The van der Waals surface area contributed by atoms with E-state index in [1.54, 1.807) is 24.3 Å². The number of carbonyl (C=O) groups is 2. The lowest BCUT2D eigenvalue weighted by Crippen LogP contribution is -2.50.